The molecule has 0 amide bonds. The highest BCUT2D eigenvalue weighted by Crippen LogP contribution is 2.23. The Morgan fingerprint density at radius 1 is 1.08 bits per heavy atom. The van der Waals surface area contributed by atoms with Gasteiger partial charge in [-0.3, -0.25) is 0 Å². The van der Waals surface area contributed by atoms with Gasteiger partial charge in [0, 0.05) is 11.4 Å². The summed E-state index contributed by atoms with van der Waals surface area (Å²) in [6.07, 6.45) is -0.670. The molecule has 0 bridgehead atoms. The zero-order valence-electron chi connectivity index (χ0n) is 13.2. The number of rotatable bonds is 5. The van der Waals surface area contributed by atoms with E-state index in [0.29, 0.717) is 10.8 Å². The lowest BCUT2D eigenvalue weighted by molar-refractivity contribution is -0.145. The van der Waals surface area contributed by atoms with Crippen LogP contribution in [0.15, 0.2) is 60.7 Å². The summed E-state index contributed by atoms with van der Waals surface area (Å²) in [4.78, 5) is 11.6. The van der Waals surface area contributed by atoms with Gasteiger partial charge in [-0.25, -0.2) is 4.79 Å². The minimum atomic E-state index is -0.988. The van der Waals surface area contributed by atoms with Crippen LogP contribution < -0.4 is 4.74 Å². The van der Waals surface area contributed by atoms with Crippen molar-refractivity contribution in [2.75, 3.05) is 0 Å². The van der Waals surface area contributed by atoms with Crippen molar-refractivity contribution >= 4 is 28.3 Å². The van der Waals surface area contributed by atoms with E-state index in [1.165, 1.54) is 0 Å². The van der Waals surface area contributed by atoms with Gasteiger partial charge in [-0.15, -0.1) is 0 Å². The predicted molar refractivity (Wildman–Crippen MR) is 95.9 cm³/mol. The quantitative estimate of drug-likeness (QED) is 0.720. The van der Waals surface area contributed by atoms with Gasteiger partial charge in [-0.2, -0.15) is 0 Å². The molecule has 0 aliphatic carbocycles. The molecule has 0 aromatic heterocycles. The van der Waals surface area contributed by atoms with Crippen LogP contribution >= 0.6 is 11.6 Å². The van der Waals surface area contributed by atoms with Crippen molar-refractivity contribution < 1.29 is 14.6 Å². The Labute approximate surface area is 145 Å². The number of fused-ring (bicyclic) bond motifs is 1. The third-order valence-electron chi connectivity index (χ3n) is 3.98. The Morgan fingerprint density at radius 2 is 1.83 bits per heavy atom. The molecular formula is C20H17ClO3. The number of carboxylic acids is 1. The van der Waals surface area contributed by atoms with E-state index in [1.807, 2.05) is 55.5 Å². The third kappa shape index (κ3) is 3.69. The second kappa shape index (κ2) is 6.93. The standard InChI is InChI=1S/C20H17ClO3/c1-13-10-17(21)8-6-15(13)12-19(20(22)23)24-18-9-7-14-4-2-3-5-16(14)11-18/h2-11,19H,12H2,1H3,(H,22,23)/t19-/m1/s1. The van der Waals surface area contributed by atoms with Gasteiger partial charge < -0.3 is 9.84 Å². The fraction of sp³-hybridized carbons (Fsp3) is 0.150. The van der Waals surface area contributed by atoms with E-state index < -0.39 is 12.1 Å². The molecule has 3 rings (SSSR count). The van der Waals surface area contributed by atoms with Crippen molar-refractivity contribution in [3.05, 3.63) is 76.8 Å². The van der Waals surface area contributed by atoms with Gasteiger partial charge in [-0.05, 0) is 53.1 Å². The molecule has 0 heterocycles. The number of aliphatic carboxylic acids is 1. The topological polar surface area (TPSA) is 46.5 Å². The first-order chi connectivity index (χ1) is 11.5. The van der Waals surface area contributed by atoms with Gasteiger partial charge in [0.2, 0.25) is 0 Å². The van der Waals surface area contributed by atoms with Gasteiger partial charge in [0.1, 0.15) is 5.75 Å². The number of halogens is 1. The highest BCUT2D eigenvalue weighted by molar-refractivity contribution is 6.30. The van der Waals surface area contributed by atoms with Crippen LogP contribution in [0.3, 0.4) is 0 Å². The van der Waals surface area contributed by atoms with Crippen LogP contribution in [0.1, 0.15) is 11.1 Å². The van der Waals surface area contributed by atoms with Crippen LogP contribution in [0.25, 0.3) is 10.8 Å². The molecule has 3 nitrogen and oxygen atoms in total. The summed E-state index contributed by atoms with van der Waals surface area (Å²) in [6.45, 7) is 1.91. The Morgan fingerprint density at radius 3 is 2.54 bits per heavy atom. The molecule has 0 spiro atoms. The first kappa shape index (κ1) is 16.3. The van der Waals surface area contributed by atoms with E-state index in [1.54, 1.807) is 12.1 Å². The zero-order chi connectivity index (χ0) is 17.1. The normalized spacial score (nSPS) is 12.1. The maximum absolute atomic E-state index is 11.6. The highest BCUT2D eigenvalue weighted by atomic mass is 35.5. The van der Waals surface area contributed by atoms with Crippen molar-refractivity contribution in [1.29, 1.82) is 0 Å². The fourth-order valence-corrected chi connectivity index (χ4v) is 2.90. The van der Waals surface area contributed by atoms with E-state index in [2.05, 4.69) is 0 Å². The Balaban J connectivity index is 1.83. The third-order valence-corrected chi connectivity index (χ3v) is 4.22. The van der Waals surface area contributed by atoms with Crippen LogP contribution in [0.4, 0.5) is 0 Å². The molecule has 4 heteroatoms. The summed E-state index contributed by atoms with van der Waals surface area (Å²) in [5.41, 5.74) is 1.86. The molecule has 1 N–H and O–H groups in total. The number of carboxylic acid groups (broad SMARTS) is 1. The van der Waals surface area contributed by atoms with Gasteiger partial charge in [-0.1, -0.05) is 48.0 Å². The molecule has 0 unspecified atom stereocenters. The minimum absolute atomic E-state index is 0.283. The number of ether oxygens (including phenoxy) is 1. The smallest absolute Gasteiger partial charge is 0.345 e. The second-order valence-electron chi connectivity index (χ2n) is 5.73. The maximum atomic E-state index is 11.6. The summed E-state index contributed by atoms with van der Waals surface area (Å²) in [5, 5.41) is 12.2. The Kier molecular flexibility index (Phi) is 4.72. The molecule has 0 aliphatic rings. The molecular weight excluding hydrogens is 324 g/mol. The molecule has 0 aliphatic heterocycles. The Hall–Kier alpha value is -2.52. The van der Waals surface area contributed by atoms with E-state index in [4.69, 9.17) is 16.3 Å². The van der Waals surface area contributed by atoms with Crippen LogP contribution in [0.2, 0.25) is 5.02 Å². The SMILES string of the molecule is Cc1cc(Cl)ccc1C[C@@H](Oc1ccc2ccccc2c1)C(=O)O. The first-order valence-corrected chi connectivity index (χ1v) is 8.04. The van der Waals surface area contributed by atoms with Crippen molar-refractivity contribution in [2.24, 2.45) is 0 Å². The van der Waals surface area contributed by atoms with Gasteiger partial charge >= 0.3 is 5.97 Å². The average molecular weight is 341 g/mol. The average Bonchev–Trinajstić information content (AvgIpc) is 2.56. The summed E-state index contributed by atoms with van der Waals surface area (Å²) in [5.74, 6) is -0.440. The fourth-order valence-electron chi connectivity index (χ4n) is 2.67. The van der Waals surface area contributed by atoms with Gasteiger partial charge in [0.25, 0.3) is 0 Å². The number of benzene rings is 3. The zero-order valence-corrected chi connectivity index (χ0v) is 14.0. The van der Waals surface area contributed by atoms with Crippen LogP contribution in [0, 0.1) is 6.92 Å². The monoisotopic (exact) mass is 340 g/mol. The van der Waals surface area contributed by atoms with Gasteiger partial charge in [0.05, 0.1) is 0 Å². The second-order valence-corrected chi connectivity index (χ2v) is 6.17. The van der Waals surface area contributed by atoms with Crippen molar-refractivity contribution in [3.63, 3.8) is 0 Å². The molecule has 0 radical (unpaired) electrons. The molecule has 0 saturated heterocycles. The molecule has 24 heavy (non-hydrogen) atoms. The summed E-state index contributed by atoms with van der Waals surface area (Å²) < 4.78 is 5.74. The molecule has 0 saturated carbocycles. The van der Waals surface area contributed by atoms with Crippen molar-refractivity contribution in [2.45, 2.75) is 19.4 Å². The molecule has 122 valence electrons. The van der Waals surface area contributed by atoms with Crippen LogP contribution in [-0.2, 0) is 11.2 Å². The van der Waals surface area contributed by atoms with E-state index in [0.717, 1.165) is 21.9 Å². The lowest BCUT2D eigenvalue weighted by atomic mass is 10.0. The van der Waals surface area contributed by atoms with Gasteiger partial charge in [0.15, 0.2) is 6.10 Å². The number of aryl methyl sites for hydroxylation is 1. The number of hydrogen-bond donors (Lipinski definition) is 1. The number of hydrogen-bond acceptors (Lipinski definition) is 2. The molecule has 3 aromatic carbocycles. The van der Waals surface area contributed by atoms with Crippen LogP contribution in [-0.4, -0.2) is 17.2 Å². The molecule has 3 aromatic rings. The van der Waals surface area contributed by atoms with E-state index in [9.17, 15) is 9.90 Å². The Bertz CT molecular complexity index is 889. The van der Waals surface area contributed by atoms with Crippen molar-refractivity contribution in [3.8, 4) is 5.75 Å². The first-order valence-electron chi connectivity index (χ1n) is 7.66. The largest absolute Gasteiger partial charge is 0.478 e. The maximum Gasteiger partial charge on any atom is 0.345 e. The lowest BCUT2D eigenvalue weighted by Crippen LogP contribution is -2.29. The lowest BCUT2D eigenvalue weighted by Gasteiger charge is -2.17. The molecule has 1 atom stereocenters. The number of carbonyl (C=O) groups is 1. The summed E-state index contributed by atoms with van der Waals surface area (Å²) >= 11 is 5.95. The van der Waals surface area contributed by atoms with Crippen molar-refractivity contribution in [1.82, 2.24) is 0 Å². The van der Waals surface area contributed by atoms with Crippen LogP contribution in [0.5, 0.6) is 5.75 Å². The van der Waals surface area contributed by atoms with E-state index in [-0.39, 0.29) is 6.42 Å². The molecule has 0 fully saturated rings. The predicted octanol–water partition coefficient (Wildman–Crippen LogP) is 4.88. The minimum Gasteiger partial charge on any atom is -0.478 e. The summed E-state index contributed by atoms with van der Waals surface area (Å²) in [6, 6.07) is 18.9. The highest BCUT2D eigenvalue weighted by Gasteiger charge is 2.21. The van der Waals surface area contributed by atoms with E-state index >= 15 is 0 Å². The summed E-state index contributed by atoms with van der Waals surface area (Å²) in [7, 11) is 0.